The van der Waals surface area contributed by atoms with Crippen molar-refractivity contribution in [2.45, 2.75) is 6.54 Å². The van der Waals surface area contributed by atoms with Crippen molar-refractivity contribution in [1.82, 2.24) is 15.4 Å². The van der Waals surface area contributed by atoms with Crippen LogP contribution in [0, 0.1) is 0 Å². The summed E-state index contributed by atoms with van der Waals surface area (Å²) in [6.45, 7) is 0.336. The molecule has 1 aromatic rings. The van der Waals surface area contributed by atoms with E-state index in [4.69, 9.17) is 5.73 Å². The molecule has 1 rings (SSSR count). The Morgan fingerprint density at radius 3 is 2.93 bits per heavy atom. The molecule has 0 saturated carbocycles. The number of hydrogen-bond acceptors (Lipinski definition) is 4. The smallest absolute Gasteiger partial charge is 0.265 e. The average molecular weight is 194 g/mol. The second-order valence-electron chi connectivity index (χ2n) is 3.08. The predicted octanol–water partition coefficient (Wildman–Crippen LogP) is -0.253. The van der Waals surface area contributed by atoms with Crippen LogP contribution < -0.4 is 11.2 Å². The first kappa shape index (κ1) is 10.6. The molecule has 0 spiro atoms. The molecule has 1 heterocycles. The Balaban J connectivity index is 2.79. The first-order valence-electron chi connectivity index (χ1n) is 4.27. The van der Waals surface area contributed by atoms with Crippen molar-refractivity contribution in [2.75, 3.05) is 14.1 Å². The summed E-state index contributed by atoms with van der Waals surface area (Å²) >= 11 is 0. The molecule has 5 heteroatoms. The second-order valence-corrected chi connectivity index (χ2v) is 3.08. The van der Waals surface area contributed by atoms with Crippen molar-refractivity contribution in [3.05, 3.63) is 29.6 Å². The van der Waals surface area contributed by atoms with Gasteiger partial charge < -0.3 is 5.73 Å². The number of rotatable bonds is 3. The third kappa shape index (κ3) is 2.79. The Labute approximate surface area is 82.9 Å². The number of nitrogens with one attached hydrogen (secondary N) is 1. The summed E-state index contributed by atoms with van der Waals surface area (Å²) in [7, 11) is 3.51. The number of hydrazine groups is 1. The van der Waals surface area contributed by atoms with Crippen LogP contribution in [0.1, 0.15) is 16.1 Å². The quantitative estimate of drug-likeness (QED) is 0.651. The van der Waals surface area contributed by atoms with Crippen LogP contribution in [-0.4, -0.2) is 30.0 Å². The molecule has 0 fully saturated rings. The minimum absolute atomic E-state index is 0.160. The Kier molecular flexibility index (Phi) is 3.55. The number of hydrogen-bond donors (Lipinski definition) is 2. The van der Waals surface area contributed by atoms with Crippen LogP contribution in [0.3, 0.4) is 0 Å². The normalized spacial score (nSPS) is 10.3. The van der Waals surface area contributed by atoms with Crippen LogP contribution in [-0.2, 0) is 6.54 Å². The standard InChI is InChI=1S/C9H14N4O/c1-13(2)12-9(14)7-3-4-11-8(5-7)6-10/h3-5H,6,10H2,1-2H3,(H,12,14). The largest absolute Gasteiger partial charge is 0.325 e. The van der Waals surface area contributed by atoms with Gasteiger partial charge in [0.25, 0.3) is 5.91 Å². The Morgan fingerprint density at radius 2 is 2.36 bits per heavy atom. The van der Waals surface area contributed by atoms with E-state index in [1.165, 1.54) is 0 Å². The van der Waals surface area contributed by atoms with Crippen molar-refractivity contribution in [3.8, 4) is 0 Å². The molecule has 1 amide bonds. The minimum Gasteiger partial charge on any atom is -0.325 e. The summed E-state index contributed by atoms with van der Waals surface area (Å²) in [6.07, 6.45) is 1.58. The van der Waals surface area contributed by atoms with Crippen LogP contribution in [0.15, 0.2) is 18.3 Å². The number of nitrogens with zero attached hydrogens (tertiary/aromatic N) is 2. The molecular weight excluding hydrogens is 180 g/mol. The SMILES string of the molecule is CN(C)NC(=O)c1ccnc(CN)c1. The molecule has 5 nitrogen and oxygen atoms in total. The molecule has 3 N–H and O–H groups in total. The maximum Gasteiger partial charge on any atom is 0.265 e. The van der Waals surface area contributed by atoms with Crippen molar-refractivity contribution < 1.29 is 4.79 Å². The molecule has 0 aliphatic rings. The van der Waals surface area contributed by atoms with E-state index in [0.29, 0.717) is 17.8 Å². The zero-order valence-corrected chi connectivity index (χ0v) is 8.32. The van der Waals surface area contributed by atoms with Gasteiger partial charge in [-0.1, -0.05) is 0 Å². The molecule has 0 saturated heterocycles. The lowest BCUT2D eigenvalue weighted by Gasteiger charge is -2.11. The van der Waals surface area contributed by atoms with E-state index < -0.39 is 0 Å². The van der Waals surface area contributed by atoms with Gasteiger partial charge in [-0.2, -0.15) is 0 Å². The summed E-state index contributed by atoms with van der Waals surface area (Å²) in [5.74, 6) is -0.160. The average Bonchev–Trinajstić information content (AvgIpc) is 2.17. The fraction of sp³-hybridized carbons (Fsp3) is 0.333. The van der Waals surface area contributed by atoms with Crippen molar-refractivity contribution in [3.63, 3.8) is 0 Å². The molecule has 1 aromatic heterocycles. The molecule has 0 aromatic carbocycles. The fourth-order valence-electron chi connectivity index (χ4n) is 0.999. The van der Waals surface area contributed by atoms with Crippen LogP contribution in [0.2, 0.25) is 0 Å². The topological polar surface area (TPSA) is 71.2 Å². The lowest BCUT2D eigenvalue weighted by atomic mass is 10.2. The summed E-state index contributed by atoms with van der Waals surface area (Å²) in [5.41, 5.74) is 9.32. The summed E-state index contributed by atoms with van der Waals surface area (Å²) in [6, 6.07) is 3.33. The van der Waals surface area contributed by atoms with E-state index in [9.17, 15) is 4.79 Å². The molecule has 0 aliphatic heterocycles. The van der Waals surface area contributed by atoms with Crippen molar-refractivity contribution in [1.29, 1.82) is 0 Å². The van der Waals surface area contributed by atoms with Gasteiger partial charge in [0.2, 0.25) is 0 Å². The van der Waals surface area contributed by atoms with Crippen LogP contribution in [0.4, 0.5) is 0 Å². The third-order valence-electron chi connectivity index (χ3n) is 1.61. The van der Waals surface area contributed by atoms with Gasteiger partial charge in [-0.15, -0.1) is 0 Å². The monoisotopic (exact) mass is 194 g/mol. The number of aromatic nitrogens is 1. The third-order valence-corrected chi connectivity index (χ3v) is 1.61. The summed E-state index contributed by atoms with van der Waals surface area (Å²) in [5, 5.41) is 1.59. The fourth-order valence-corrected chi connectivity index (χ4v) is 0.999. The first-order chi connectivity index (χ1) is 6.63. The van der Waals surface area contributed by atoms with Gasteiger partial charge in [0.15, 0.2) is 0 Å². The molecule has 0 bridgehead atoms. The molecule has 76 valence electrons. The Morgan fingerprint density at radius 1 is 1.64 bits per heavy atom. The van der Waals surface area contributed by atoms with Gasteiger partial charge in [-0.05, 0) is 12.1 Å². The van der Waals surface area contributed by atoms with Gasteiger partial charge >= 0.3 is 0 Å². The predicted molar refractivity (Wildman–Crippen MR) is 53.3 cm³/mol. The summed E-state index contributed by atoms with van der Waals surface area (Å²) in [4.78, 5) is 15.5. The van der Waals surface area contributed by atoms with Gasteiger partial charge in [0.1, 0.15) is 0 Å². The number of amides is 1. The number of carbonyl (C=O) groups is 1. The zero-order valence-electron chi connectivity index (χ0n) is 8.32. The van der Waals surface area contributed by atoms with Gasteiger partial charge in [-0.25, -0.2) is 5.01 Å². The van der Waals surface area contributed by atoms with Crippen LogP contribution in [0.25, 0.3) is 0 Å². The van der Waals surface area contributed by atoms with Crippen molar-refractivity contribution in [2.24, 2.45) is 5.73 Å². The maximum atomic E-state index is 11.5. The van der Waals surface area contributed by atoms with E-state index in [0.717, 1.165) is 0 Å². The highest BCUT2D eigenvalue weighted by atomic mass is 16.2. The van der Waals surface area contributed by atoms with E-state index in [2.05, 4.69) is 10.4 Å². The van der Waals surface area contributed by atoms with E-state index in [1.54, 1.807) is 37.4 Å². The molecule has 14 heavy (non-hydrogen) atoms. The van der Waals surface area contributed by atoms with E-state index in [1.807, 2.05) is 0 Å². The zero-order chi connectivity index (χ0) is 10.6. The molecule has 0 atom stereocenters. The van der Waals surface area contributed by atoms with Crippen molar-refractivity contribution >= 4 is 5.91 Å². The number of nitrogens with two attached hydrogens (primary N) is 1. The summed E-state index contributed by atoms with van der Waals surface area (Å²) < 4.78 is 0. The van der Waals surface area contributed by atoms with Crippen LogP contribution in [0.5, 0.6) is 0 Å². The Bertz CT molecular complexity index is 324. The molecule has 0 aliphatic carbocycles. The highest BCUT2D eigenvalue weighted by Gasteiger charge is 2.06. The minimum atomic E-state index is -0.160. The van der Waals surface area contributed by atoms with Gasteiger partial charge in [0.05, 0.1) is 5.69 Å². The highest BCUT2D eigenvalue weighted by molar-refractivity contribution is 5.93. The van der Waals surface area contributed by atoms with E-state index >= 15 is 0 Å². The lowest BCUT2D eigenvalue weighted by molar-refractivity contribution is 0.0856. The molecular formula is C9H14N4O. The Hall–Kier alpha value is -1.46. The number of pyridine rings is 1. The second kappa shape index (κ2) is 4.69. The van der Waals surface area contributed by atoms with Crippen LogP contribution >= 0.6 is 0 Å². The lowest BCUT2D eigenvalue weighted by Crippen LogP contribution is -2.36. The molecule has 0 radical (unpaired) electrons. The van der Waals surface area contributed by atoms with Gasteiger partial charge in [-0.3, -0.25) is 15.2 Å². The first-order valence-corrected chi connectivity index (χ1v) is 4.27. The van der Waals surface area contributed by atoms with Gasteiger partial charge in [0, 0.05) is 32.4 Å². The maximum absolute atomic E-state index is 11.5. The molecule has 0 unspecified atom stereocenters. The van der Waals surface area contributed by atoms with E-state index in [-0.39, 0.29) is 5.91 Å². The number of carbonyl (C=O) groups excluding carboxylic acids is 1. The highest BCUT2D eigenvalue weighted by Crippen LogP contribution is 2.00.